The van der Waals surface area contributed by atoms with Crippen molar-refractivity contribution in [3.8, 4) is 5.75 Å². The topological polar surface area (TPSA) is 75.8 Å². The summed E-state index contributed by atoms with van der Waals surface area (Å²) in [5, 5.41) is 20.8. The summed E-state index contributed by atoms with van der Waals surface area (Å²) in [5.41, 5.74) is 0.361. The first kappa shape index (κ1) is 15.2. The molecule has 1 aromatic rings. The molecule has 1 N–H and O–H groups in total. The van der Waals surface area contributed by atoms with Crippen LogP contribution < -0.4 is 0 Å². The van der Waals surface area contributed by atoms with Crippen molar-refractivity contribution in [2.45, 2.75) is 12.8 Å². The van der Waals surface area contributed by atoms with Gasteiger partial charge in [0.25, 0.3) is 0 Å². The summed E-state index contributed by atoms with van der Waals surface area (Å²) in [4.78, 5) is 12.6. The molecule has 0 radical (unpaired) electrons. The predicted octanol–water partition coefficient (Wildman–Crippen LogP) is 2.33. The summed E-state index contributed by atoms with van der Waals surface area (Å²) in [6.07, 6.45) is 1.46. The largest absolute Gasteiger partial charge is 0.502 e. The third-order valence-electron chi connectivity index (χ3n) is 3.35. The first-order valence-electron chi connectivity index (χ1n) is 6.54. The van der Waals surface area contributed by atoms with E-state index in [1.54, 1.807) is 6.07 Å². The van der Waals surface area contributed by atoms with E-state index in [0.717, 1.165) is 39.3 Å². The van der Waals surface area contributed by atoms with Gasteiger partial charge in [-0.05, 0) is 25.5 Å². The van der Waals surface area contributed by atoms with Gasteiger partial charge in [0, 0.05) is 29.2 Å². The molecule has 0 aromatic heterocycles. The minimum atomic E-state index is -0.564. The van der Waals surface area contributed by atoms with Gasteiger partial charge in [-0.1, -0.05) is 15.9 Å². The average molecular weight is 345 g/mol. The number of hydrogen-bond acceptors (Lipinski definition) is 5. The molecule has 1 heterocycles. The molecule has 2 rings (SSSR count). The molecule has 0 bridgehead atoms. The van der Waals surface area contributed by atoms with Crippen molar-refractivity contribution in [1.29, 1.82) is 0 Å². The summed E-state index contributed by atoms with van der Waals surface area (Å²) in [6, 6.07) is 3.06. The van der Waals surface area contributed by atoms with Crippen LogP contribution in [0.3, 0.4) is 0 Å². The zero-order valence-corrected chi connectivity index (χ0v) is 12.6. The van der Waals surface area contributed by atoms with Gasteiger partial charge in [-0.15, -0.1) is 0 Å². The van der Waals surface area contributed by atoms with E-state index in [1.807, 2.05) is 0 Å². The molecule has 110 valence electrons. The molecule has 0 saturated carbocycles. The van der Waals surface area contributed by atoms with Crippen molar-refractivity contribution in [2.24, 2.45) is 0 Å². The van der Waals surface area contributed by atoms with Crippen molar-refractivity contribution in [1.82, 2.24) is 4.90 Å². The standard InChI is InChI=1S/C13H17BrN2O4/c14-11-8-10(13(17)12(9-11)16(18)19)2-1-3-15-4-6-20-7-5-15/h8-9,17H,1-7H2. The van der Waals surface area contributed by atoms with Gasteiger partial charge < -0.3 is 9.84 Å². The van der Waals surface area contributed by atoms with Crippen LogP contribution in [0.4, 0.5) is 5.69 Å². The maximum Gasteiger partial charge on any atom is 0.312 e. The maximum absolute atomic E-state index is 10.8. The van der Waals surface area contributed by atoms with Crippen molar-refractivity contribution < 1.29 is 14.8 Å². The van der Waals surface area contributed by atoms with Crippen LogP contribution in [0.25, 0.3) is 0 Å². The highest BCUT2D eigenvalue weighted by atomic mass is 79.9. The monoisotopic (exact) mass is 344 g/mol. The Balaban J connectivity index is 1.96. The van der Waals surface area contributed by atoms with Gasteiger partial charge in [0.15, 0.2) is 5.75 Å². The first-order chi connectivity index (χ1) is 9.58. The Morgan fingerprint density at radius 3 is 2.75 bits per heavy atom. The van der Waals surface area contributed by atoms with E-state index in [0.29, 0.717) is 16.5 Å². The number of ether oxygens (including phenoxy) is 1. The number of benzene rings is 1. The predicted molar refractivity (Wildman–Crippen MR) is 78.0 cm³/mol. The van der Waals surface area contributed by atoms with Gasteiger partial charge in [0.1, 0.15) is 0 Å². The Bertz CT molecular complexity index is 490. The highest BCUT2D eigenvalue weighted by molar-refractivity contribution is 9.10. The molecule has 7 heteroatoms. The number of aryl methyl sites for hydroxylation is 1. The van der Waals surface area contributed by atoms with Crippen molar-refractivity contribution >= 4 is 21.6 Å². The van der Waals surface area contributed by atoms with E-state index >= 15 is 0 Å². The average Bonchev–Trinajstić information content (AvgIpc) is 2.43. The van der Waals surface area contributed by atoms with Crippen LogP contribution in [0.2, 0.25) is 0 Å². The summed E-state index contributed by atoms with van der Waals surface area (Å²) in [6.45, 7) is 4.26. The molecule has 0 unspecified atom stereocenters. The molecule has 1 saturated heterocycles. The Morgan fingerprint density at radius 2 is 2.10 bits per heavy atom. The van der Waals surface area contributed by atoms with Gasteiger partial charge >= 0.3 is 5.69 Å². The number of phenolic OH excluding ortho intramolecular Hbond substituents is 1. The Labute approximate surface area is 125 Å². The van der Waals surface area contributed by atoms with Crippen LogP contribution in [0.5, 0.6) is 5.75 Å². The lowest BCUT2D eigenvalue weighted by Crippen LogP contribution is -2.36. The molecule has 1 aliphatic heterocycles. The number of aromatic hydroxyl groups is 1. The van der Waals surface area contributed by atoms with Crippen molar-refractivity contribution in [3.63, 3.8) is 0 Å². The number of nitro benzene ring substituents is 1. The molecule has 1 fully saturated rings. The SMILES string of the molecule is O=[N+]([O-])c1cc(Br)cc(CCCN2CCOCC2)c1O. The van der Waals surface area contributed by atoms with E-state index in [9.17, 15) is 15.2 Å². The zero-order chi connectivity index (χ0) is 14.5. The highest BCUT2D eigenvalue weighted by Gasteiger charge is 2.18. The van der Waals surface area contributed by atoms with E-state index in [-0.39, 0.29) is 11.4 Å². The maximum atomic E-state index is 10.8. The minimum absolute atomic E-state index is 0.222. The van der Waals surface area contributed by atoms with E-state index in [4.69, 9.17) is 4.74 Å². The third-order valence-corrected chi connectivity index (χ3v) is 3.81. The summed E-state index contributed by atoms with van der Waals surface area (Å²) in [7, 11) is 0. The van der Waals surface area contributed by atoms with Gasteiger partial charge in [-0.25, -0.2) is 0 Å². The Hall–Kier alpha value is -1.18. The number of nitro groups is 1. The second kappa shape index (κ2) is 7.01. The van der Waals surface area contributed by atoms with Gasteiger partial charge in [-0.2, -0.15) is 0 Å². The van der Waals surface area contributed by atoms with Crippen LogP contribution in [-0.4, -0.2) is 47.8 Å². The highest BCUT2D eigenvalue weighted by Crippen LogP contribution is 2.34. The molecule has 20 heavy (non-hydrogen) atoms. The summed E-state index contributed by atoms with van der Waals surface area (Å²) in [5.74, 6) is -0.222. The molecule has 0 amide bonds. The van der Waals surface area contributed by atoms with E-state index in [2.05, 4.69) is 20.8 Å². The molecule has 6 nitrogen and oxygen atoms in total. The van der Waals surface area contributed by atoms with Gasteiger partial charge in [0.05, 0.1) is 18.1 Å². The second-order valence-corrected chi connectivity index (χ2v) is 5.66. The van der Waals surface area contributed by atoms with Crippen LogP contribution in [-0.2, 0) is 11.2 Å². The van der Waals surface area contributed by atoms with E-state index in [1.165, 1.54) is 6.07 Å². The quantitative estimate of drug-likeness (QED) is 0.655. The number of hydrogen-bond donors (Lipinski definition) is 1. The normalized spacial score (nSPS) is 16.2. The molecular formula is C13H17BrN2O4. The fourth-order valence-electron chi connectivity index (χ4n) is 2.29. The Morgan fingerprint density at radius 1 is 1.40 bits per heavy atom. The van der Waals surface area contributed by atoms with Crippen LogP contribution in [0.1, 0.15) is 12.0 Å². The minimum Gasteiger partial charge on any atom is -0.502 e. The van der Waals surface area contributed by atoms with Gasteiger partial charge in [-0.3, -0.25) is 15.0 Å². The molecule has 0 aliphatic carbocycles. The van der Waals surface area contributed by atoms with E-state index < -0.39 is 4.92 Å². The number of rotatable bonds is 5. The van der Waals surface area contributed by atoms with Crippen molar-refractivity contribution in [2.75, 3.05) is 32.8 Å². The lowest BCUT2D eigenvalue weighted by Gasteiger charge is -2.26. The number of nitrogens with zero attached hydrogens (tertiary/aromatic N) is 2. The second-order valence-electron chi connectivity index (χ2n) is 4.75. The summed E-state index contributed by atoms with van der Waals surface area (Å²) < 4.78 is 5.89. The zero-order valence-electron chi connectivity index (χ0n) is 11.0. The van der Waals surface area contributed by atoms with Crippen molar-refractivity contribution in [3.05, 3.63) is 32.3 Å². The lowest BCUT2D eigenvalue weighted by atomic mass is 10.1. The Kier molecular flexibility index (Phi) is 5.33. The molecule has 1 aromatic carbocycles. The summed E-state index contributed by atoms with van der Waals surface area (Å²) >= 11 is 3.24. The van der Waals surface area contributed by atoms with Gasteiger partial charge in [0.2, 0.25) is 0 Å². The first-order valence-corrected chi connectivity index (χ1v) is 7.33. The number of halogens is 1. The van der Waals surface area contributed by atoms with Crippen LogP contribution >= 0.6 is 15.9 Å². The fraction of sp³-hybridized carbons (Fsp3) is 0.538. The smallest absolute Gasteiger partial charge is 0.312 e. The third kappa shape index (κ3) is 3.91. The fourth-order valence-corrected chi connectivity index (χ4v) is 2.78. The molecule has 1 aliphatic rings. The molecular weight excluding hydrogens is 328 g/mol. The number of morpholine rings is 1. The van der Waals surface area contributed by atoms with Crippen LogP contribution in [0, 0.1) is 10.1 Å². The molecule has 0 atom stereocenters. The lowest BCUT2D eigenvalue weighted by molar-refractivity contribution is -0.386. The number of phenols is 1. The molecule has 0 spiro atoms. The van der Waals surface area contributed by atoms with Crippen LogP contribution in [0.15, 0.2) is 16.6 Å².